The molecule has 1 aromatic carbocycles. The molecule has 0 N–H and O–H groups in total. The van der Waals surface area contributed by atoms with E-state index in [9.17, 15) is 4.79 Å². The third-order valence-electron chi connectivity index (χ3n) is 1.52. The second-order valence-corrected chi connectivity index (χ2v) is 2.46. The molecular weight excluding hydrogens is 150 g/mol. The van der Waals surface area contributed by atoms with Gasteiger partial charge < -0.3 is 5.41 Å². The molecule has 0 aliphatic heterocycles. The maximum atomic E-state index is 10.9. The van der Waals surface area contributed by atoms with E-state index in [0.717, 1.165) is 5.56 Å². The van der Waals surface area contributed by atoms with Gasteiger partial charge in [0.1, 0.15) is 0 Å². The second kappa shape index (κ2) is 3.65. The Balaban J connectivity index is 3.11. The van der Waals surface area contributed by atoms with E-state index < -0.39 is 0 Å². The number of rotatable bonds is 2. The summed E-state index contributed by atoms with van der Waals surface area (Å²) in [6.07, 6.45) is 1.41. The van der Waals surface area contributed by atoms with E-state index in [2.05, 4.69) is 0 Å². The van der Waals surface area contributed by atoms with E-state index in [1.54, 1.807) is 24.3 Å². The molecule has 1 aromatic rings. The van der Waals surface area contributed by atoms with Crippen molar-refractivity contribution < 1.29 is 4.79 Å². The number of nitrogens with zero attached hydrogens (tertiary/aromatic N) is 1. The van der Waals surface area contributed by atoms with Crippen molar-refractivity contribution in [3.63, 3.8) is 0 Å². The van der Waals surface area contributed by atoms with Gasteiger partial charge in [0.05, 0.1) is 0 Å². The highest BCUT2D eigenvalue weighted by atomic mass is 16.1. The number of hydrogen-bond acceptors (Lipinski definition) is 1. The van der Waals surface area contributed by atoms with Crippen LogP contribution in [-0.4, -0.2) is 11.7 Å². The summed E-state index contributed by atoms with van der Waals surface area (Å²) in [6.45, 7) is 1.51. The number of carbonyl (C=O) groups is 1. The summed E-state index contributed by atoms with van der Waals surface area (Å²) in [4.78, 5) is 10.9. The Kier molecular flexibility index (Phi) is 2.57. The van der Waals surface area contributed by atoms with Gasteiger partial charge in [-0.1, -0.05) is 18.2 Å². The van der Waals surface area contributed by atoms with Gasteiger partial charge in [0.25, 0.3) is 0 Å². The molecule has 1 rings (SSSR count). The summed E-state index contributed by atoms with van der Waals surface area (Å²) in [5.41, 5.74) is 1.41. The molecule has 0 amide bonds. The summed E-state index contributed by atoms with van der Waals surface area (Å²) in [6, 6.07) is 6.98. The van der Waals surface area contributed by atoms with Crippen LogP contribution in [0.5, 0.6) is 0 Å². The first-order valence-electron chi connectivity index (χ1n) is 3.58. The lowest BCUT2D eigenvalue weighted by Crippen LogP contribution is -1.91. The molecule has 0 radical (unpaired) electrons. The van der Waals surface area contributed by atoms with Crippen LogP contribution < -0.4 is 0 Å². The molecule has 2 heteroatoms. The number of hydrogen-bond donors (Lipinski definition) is 0. The van der Waals surface area contributed by atoms with Crippen molar-refractivity contribution in [3.05, 3.63) is 40.8 Å². The van der Waals surface area contributed by atoms with Crippen LogP contribution >= 0.6 is 0 Å². The molecule has 0 bridgehead atoms. The van der Waals surface area contributed by atoms with Crippen LogP contribution in [0.15, 0.2) is 24.3 Å². The Morgan fingerprint density at radius 3 is 2.92 bits per heavy atom. The van der Waals surface area contributed by atoms with Crippen molar-refractivity contribution in [2.75, 3.05) is 0 Å². The predicted molar refractivity (Wildman–Crippen MR) is 49.3 cm³/mol. The molecule has 0 aliphatic carbocycles. The molecule has 0 unspecified atom stereocenters. The monoisotopic (exact) mass is 158 g/mol. The fourth-order valence-corrected chi connectivity index (χ4v) is 0.922. The summed E-state index contributed by atoms with van der Waals surface area (Å²) >= 11 is 0. The van der Waals surface area contributed by atoms with E-state index in [-0.39, 0.29) is 5.78 Å². The Labute approximate surface area is 71.0 Å². The smallest absolute Gasteiger partial charge is 0.159 e. The maximum absolute atomic E-state index is 10.9. The molecule has 0 aliphatic rings. The van der Waals surface area contributed by atoms with Gasteiger partial charge in [-0.05, 0) is 24.6 Å². The first-order valence-corrected chi connectivity index (χ1v) is 3.58. The van der Waals surface area contributed by atoms with E-state index in [4.69, 9.17) is 5.41 Å². The lowest BCUT2D eigenvalue weighted by Gasteiger charge is -1.96. The van der Waals surface area contributed by atoms with Crippen molar-refractivity contribution in [3.8, 4) is 0 Å². The molecule has 0 saturated carbocycles. The van der Waals surface area contributed by atoms with Crippen molar-refractivity contribution >= 4 is 17.7 Å². The lowest BCUT2D eigenvalue weighted by atomic mass is 10.1. The fourth-order valence-electron chi connectivity index (χ4n) is 0.922. The van der Waals surface area contributed by atoms with Gasteiger partial charge in [-0.25, -0.2) is 0 Å². The van der Waals surface area contributed by atoms with Gasteiger partial charge in [0, 0.05) is 5.56 Å². The Morgan fingerprint density at radius 2 is 2.33 bits per heavy atom. The second-order valence-electron chi connectivity index (χ2n) is 2.46. The standard InChI is InChI=1S/C10H8NO/c1-8(12)10-4-2-3-9(7-10)5-6-11/h2-5,7H,1H3/q-1. The molecule has 0 heterocycles. The SMILES string of the molecule is CC(=O)c1cccc(C=C=[N-])c1. The minimum atomic E-state index is 0.0168. The normalized spacial score (nSPS) is 8.75. The molecule has 0 fully saturated rings. The molecular formula is C10H8NO-. The van der Waals surface area contributed by atoms with Gasteiger partial charge in [-0.3, -0.25) is 10.7 Å². The van der Waals surface area contributed by atoms with Crippen LogP contribution in [0.3, 0.4) is 0 Å². The quantitative estimate of drug-likeness (QED) is 0.480. The molecule has 0 saturated heterocycles. The summed E-state index contributed by atoms with van der Waals surface area (Å²) < 4.78 is 0. The van der Waals surface area contributed by atoms with Gasteiger partial charge in [0.2, 0.25) is 0 Å². The molecule has 0 atom stereocenters. The minimum absolute atomic E-state index is 0.0168. The highest BCUT2D eigenvalue weighted by Crippen LogP contribution is 2.06. The number of ketones is 1. The molecule has 12 heavy (non-hydrogen) atoms. The average Bonchev–Trinajstić information content (AvgIpc) is 2.05. The predicted octanol–water partition coefficient (Wildman–Crippen LogP) is 2.14. The zero-order chi connectivity index (χ0) is 8.97. The van der Waals surface area contributed by atoms with Crippen LogP contribution in [0.25, 0.3) is 11.5 Å². The van der Waals surface area contributed by atoms with E-state index in [1.807, 2.05) is 5.87 Å². The summed E-state index contributed by atoms with van der Waals surface area (Å²) in [5.74, 6) is 1.93. The van der Waals surface area contributed by atoms with Crippen LogP contribution in [0, 0.1) is 0 Å². The first kappa shape index (κ1) is 8.44. The zero-order valence-corrected chi connectivity index (χ0v) is 6.74. The Hall–Kier alpha value is -1.66. The van der Waals surface area contributed by atoms with E-state index >= 15 is 0 Å². The van der Waals surface area contributed by atoms with Crippen molar-refractivity contribution in [2.45, 2.75) is 6.92 Å². The van der Waals surface area contributed by atoms with Crippen molar-refractivity contribution in [1.29, 1.82) is 0 Å². The molecule has 60 valence electrons. The summed E-state index contributed by atoms with van der Waals surface area (Å²) in [7, 11) is 0. The Morgan fingerprint density at radius 1 is 1.58 bits per heavy atom. The third kappa shape index (κ3) is 1.91. The lowest BCUT2D eigenvalue weighted by molar-refractivity contribution is 0.101. The number of benzene rings is 1. The third-order valence-corrected chi connectivity index (χ3v) is 1.52. The van der Waals surface area contributed by atoms with Crippen LogP contribution in [0.2, 0.25) is 0 Å². The van der Waals surface area contributed by atoms with Crippen molar-refractivity contribution in [1.82, 2.24) is 0 Å². The van der Waals surface area contributed by atoms with Crippen molar-refractivity contribution in [2.24, 2.45) is 0 Å². The van der Waals surface area contributed by atoms with Crippen LogP contribution in [0.4, 0.5) is 0 Å². The Bertz CT molecular complexity index is 331. The van der Waals surface area contributed by atoms with Crippen LogP contribution in [0.1, 0.15) is 22.8 Å². The minimum Gasteiger partial charge on any atom is -0.763 e. The number of Topliss-reactive ketones (excluding diaryl/α,β-unsaturated/α-hetero) is 1. The topological polar surface area (TPSA) is 39.4 Å². The molecule has 0 spiro atoms. The van der Waals surface area contributed by atoms with E-state index in [0.29, 0.717) is 5.56 Å². The fraction of sp³-hybridized carbons (Fsp3) is 0.100. The molecule has 2 nitrogen and oxygen atoms in total. The zero-order valence-electron chi connectivity index (χ0n) is 6.74. The largest absolute Gasteiger partial charge is 0.763 e. The maximum Gasteiger partial charge on any atom is 0.159 e. The average molecular weight is 158 g/mol. The summed E-state index contributed by atoms with van der Waals surface area (Å²) in [5, 5.41) is 8.36. The van der Waals surface area contributed by atoms with Gasteiger partial charge in [0.15, 0.2) is 5.78 Å². The number of carbonyl (C=O) groups excluding carboxylic acids is 1. The van der Waals surface area contributed by atoms with Gasteiger partial charge in [-0.2, -0.15) is 0 Å². The molecule has 0 aromatic heterocycles. The van der Waals surface area contributed by atoms with Crippen LogP contribution in [-0.2, 0) is 0 Å². The highest BCUT2D eigenvalue weighted by molar-refractivity contribution is 5.95. The highest BCUT2D eigenvalue weighted by Gasteiger charge is 1.96. The van der Waals surface area contributed by atoms with Gasteiger partial charge >= 0.3 is 0 Å². The van der Waals surface area contributed by atoms with Gasteiger partial charge in [-0.15, -0.1) is 0 Å². The first-order chi connectivity index (χ1) is 5.74. The van der Waals surface area contributed by atoms with E-state index in [1.165, 1.54) is 13.0 Å².